The Balaban J connectivity index is 2.10. The first-order valence-corrected chi connectivity index (χ1v) is 7.78. The van der Waals surface area contributed by atoms with E-state index in [2.05, 4.69) is 23.7 Å². The number of anilines is 1. The van der Waals surface area contributed by atoms with Gasteiger partial charge in [0.2, 0.25) is 0 Å². The van der Waals surface area contributed by atoms with Crippen molar-refractivity contribution in [1.82, 2.24) is 0 Å². The highest BCUT2D eigenvalue weighted by molar-refractivity contribution is 7.10. The number of hydrogen-bond donors (Lipinski definition) is 2. The lowest BCUT2D eigenvalue weighted by atomic mass is 10.1. The van der Waals surface area contributed by atoms with E-state index in [-0.39, 0.29) is 12.7 Å². The number of ether oxygens (including phenoxy) is 1. The minimum atomic E-state index is 0.0705. The topological polar surface area (TPSA) is 41.5 Å². The van der Waals surface area contributed by atoms with E-state index in [1.165, 1.54) is 4.88 Å². The molecule has 1 heterocycles. The lowest BCUT2D eigenvalue weighted by Crippen LogP contribution is -2.07. The molecule has 20 heavy (non-hydrogen) atoms. The predicted octanol–water partition coefficient (Wildman–Crippen LogP) is 3.85. The summed E-state index contributed by atoms with van der Waals surface area (Å²) in [6, 6.07) is 10.0. The van der Waals surface area contributed by atoms with E-state index < -0.39 is 0 Å². The monoisotopic (exact) mass is 291 g/mol. The number of aliphatic hydroxyl groups excluding tert-OH is 1. The minimum Gasteiger partial charge on any atom is -0.485 e. The SMILES string of the molecule is CC[C@@H](Oc1ccc(CCO)cc1)c1sccc1NC. The average Bonchev–Trinajstić information content (AvgIpc) is 2.95. The Bertz CT molecular complexity index is 522. The molecule has 1 aromatic heterocycles. The van der Waals surface area contributed by atoms with Gasteiger partial charge in [-0.05, 0) is 42.0 Å². The van der Waals surface area contributed by atoms with Crippen LogP contribution < -0.4 is 10.1 Å². The number of benzene rings is 1. The fraction of sp³-hybridized carbons (Fsp3) is 0.375. The van der Waals surface area contributed by atoms with Crippen molar-refractivity contribution in [3.8, 4) is 5.75 Å². The van der Waals surface area contributed by atoms with Gasteiger partial charge in [-0.25, -0.2) is 0 Å². The van der Waals surface area contributed by atoms with Crippen LogP contribution in [0.5, 0.6) is 5.75 Å². The molecule has 0 aliphatic rings. The second-order valence-electron chi connectivity index (χ2n) is 4.58. The Morgan fingerprint density at radius 1 is 1.25 bits per heavy atom. The minimum absolute atomic E-state index is 0.0705. The number of rotatable bonds is 7. The van der Waals surface area contributed by atoms with E-state index in [0.29, 0.717) is 6.42 Å². The summed E-state index contributed by atoms with van der Waals surface area (Å²) in [6.07, 6.45) is 1.68. The summed E-state index contributed by atoms with van der Waals surface area (Å²) in [5.41, 5.74) is 2.26. The van der Waals surface area contributed by atoms with Gasteiger partial charge in [-0.15, -0.1) is 11.3 Å². The summed E-state index contributed by atoms with van der Waals surface area (Å²) in [4.78, 5) is 1.23. The van der Waals surface area contributed by atoms with Crippen LogP contribution in [0.4, 0.5) is 5.69 Å². The van der Waals surface area contributed by atoms with Crippen molar-refractivity contribution in [2.45, 2.75) is 25.9 Å². The zero-order valence-electron chi connectivity index (χ0n) is 11.9. The summed E-state index contributed by atoms with van der Waals surface area (Å²) in [5, 5.41) is 14.2. The molecular formula is C16H21NO2S. The summed E-state index contributed by atoms with van der Waals surface area (Å²) >= 11 is 1.72. The van der Waals surface area contributed by atoms with Gasteiger partial charge in [0.25, 0.3) is 0 Å². The molecule has 0 spiro atoms. The molecule has 2 aromatic rings. The molecule has 0 amide bonds. The average molecular weight is 291 g/mol. The van der Waals surface area contributed by atoms with Gasteiger partial charge in [0.15, 0.2) is 0 Å². The maximum Gasteiger partial charge on any atom is 0.135 e. The fourth-order valence-corrected chi connectivity index (χ4v) is 3.14. The number of aliphatic hydroxyl groups is 1. The predicted molar refractivity (Wildman–Crippen MR) is 84.8 cm³/mol. The number of nitrogens with one attached hydrogen (secondary N) is 1. The van der Waals surface area contributed by atoms with Gasteiger partial charge in [-0.3, -0.25) is 0 Å². The van der Waals surface area contributed by atoms with Crippen LogP contribution in [0.25, 0.3) is 0 Å². The Morgan fingerprint density at radius 2 is 2.00 bits per heavy atom. The third kappa shape index (κ3) is 3.52. The summed E-state index contributed by atoms with van der Waals surface area (Å²) < 4.78 is 6.09. The van der Waals surface area contributed by atoms with Gasteiger partial charge in [0.1, 0.15) is 11.9 Å². The fourth-order valence-electron chi connectivity index (χ4n) is 2.13. The third-order valence-electron chi connectivity index (χ3n) is 3.23. The molecule has 1 atom stereocenters. The Morgan fingerprint density at radius 3 is 2.60 bits per heavy atom. The second-order valence-corrected chi connectivity index (χ2v) is 5.53. The maximum atomic E-state index is 8.92. The van der Waals surface area contributed by atoms with E-state index in [0.717, 1.165) is 23.4 Å². The van der Waals surface area contributed by atoms with Gasteiger partial charge in [-0.1, -0.05) is 19.1 Å². The molecule has 0 bridgehead atoms. The van der Waals surface area contributed by atoms with Crippen molar-refractivity contribution >= 4 is 17.0 Å². The highest BCUT2D eigenvalue weighted by atomic mass is 32.1. The van der Waals surface area contributed by atoms with Crippen LogP contribution in [-0.2, 0) is 6.42 Å². The first kappa shape index (κ1) is 14.9. The second kappa shape index (κ2) is 7.31. The van der Waals surface area contributed by atoms with E-state index in [1.807, 2.05) is 31.3 Å². The van der Waals surface area contributed by atoms with Crippen LogP contribution in [0.1, 0.15) is 29.9 Å². The van der Waals surface area contributed by atoms with Crippen molar-refractivity contribution < 1.29 is 9.84 Å². The largest absolute Gasteiger partial charge is 0.485 e. The van der Waals surface area contributed by atoms with Crippen molar-refractivity contribution in [1.29, 1.82) is 0 Å². The molecule has 3 nitrogen and oxygen atoms in total. The van der Waals surface area contributed by atoms with Crippen molar-refractivity contribution in [2.75, 3.05) is 19.0 Å². The third-order valence-corrected chi connectivity index (χ3v) is 4.24. The maximum absolute atomic E-state index is 8.92. The highest BCUT2D eigenvalue weighted by Crippen LogP contribution is 2.34. The zero-order valence-corrected chi connectivity index (χ0v) is 12.7. The van der Waals surface area contributed by atoms with Gasteiger partial charge in [0, 0.05) is 13.7 Å². The van der Waals surface area contributed by atoms with E-state index in [4.69, 9.17) is 9.84 Å². The summed E-state index contributed by atoms with van der Waals surface area (Å²) in [5.74, 6) is 0.869. The van der Waals surface area contributed by atoms with Crippen LogP contribution in [0.15, 0.2) is 35.7 Å². The molecule has 0 unspecified atom stereocenters. The highest BCUT2D eigenvalue weighted by Gasteiger charge is 2.16. The quantitative estimate of drug-likeness (QED) is 0.814. The standard InChI is InChI=1S/C16H21NO2S/c1-3-15(16-14(17-2)9-11-20-16)19-13-6-4-12(5-7-13)8-10-18/h4-7,9,11,15,17-18H,3,8,10H2,1-2H3/t15-/m1/s1. The van der Waals surface area contributed by atoms with Crippen LogP contribution in [0.3, 0.4) is 0 Å². The summed E-state index contributed by atoms with van der Waals surface area (Å²) in [7, 11) is 1.93. The van der Waals surface area contributed by atoms with Crippen molar-refractivity contribution in [3.63, 3.8) is 0 Å². The normalized spacial score (nSPS) is 12.2. The molecule has 1 aromatic carbocycles. The Labute approximate surface area is 124 Å². The van der Waals surface area contributed by atoms with Gasteiger partial charge >= 0.3 is 0 Å². The first-order valence-electron chi connectivity index (χ1n) is 6.90. The smallest absolute Gasteiger partial charge is 0.135 e. The number of hydrogen-bond acceptors (Lipinski definition) is 4. The lowest BCUT2D eigenvalue weighted by Gasteiger charge is -2.18. The van der Waals surface area contributed by atoms with Crippen LogP contribution in [0, 0.1) is 0 Å². The molecule has 4 heteroatoms. The molecule has 0 aliphatic carbocycles. The van der Waals surface area contributed by atoms with E-state index in [9.17, 15) is 0 Å². The summed E-state index contributed by atoms with van der Waals surface area (Å²) in [6.45, 7) is 2.31. The molecule has 0 fully saturated rings. The molecule has 0 saturated heterocycles. The van der Waals surface area contributed by atoms with Crippen LogP contribution >= 0.6 is 11.3 Å². The zero-order chi connectivity index (χ0) is 14.4. The van der Waals surface area contributed by atoms with Gasteiger partial charge in [0.05, 0.1) is 10.6 Å². The van der Waals surface area contributed by atoms with Crippen LogP contribution in [-0.4, -0.2) is 18.8 Å². The number of thiophene rings is 1. The first-order chi connectivity index (χ1) is 9.78. The molecule has 0 radical (unpaired) electrons. The van der Waals surface area contributed by atoms with Crippen molar-refractivity contribution in [2.24, 2.45) is 0 Å². The van der Waals surface area contributed by atoms with E-state index >= 15 is 0 Å². The molecule has 0 saturated carbocycles. The molecule has 2 rings (SSSR count). The molecule has 2 N–H and O–H groups in total. The Kier molecular flexibility index (Phi) is 5.44. The van der Waals surface area contributed by atoms with Crippen LogP contribution in [0.2, 0.25) is 0 Å². The lowest BCUT2D eigenvalue weighted by molar-refractivity contribution is 0.205. The van der Waals surface area contributed by atoms with Crippen molar-refractivity contribution in [3.05, 3.63) is 46.2 Å². The van der Waals surface area contributed by atoms with Gasteiger partial charge in [-0.2, -0.15) is 0 Å². The molecule has 0 aliphatic heterocycles. The molecular weight excluding hydrogens is 270 g/mol. The van der Waals surface area contributed by atoms with E-state index in [1.54, 1.807) is 11.3 Å². The molecule has 108 valence electrons. The Hall–Kier alpha value is -1.52. The van der Waals surface area contributed by atoms with Gasteiger partial charge < -0.3 is 15.2 Å².